The molecule has 0 fully saturated rings. The predicted molar refractivity (Wildman–Crippen MR) is 144 cm³/mol. The minimum Gasteiger partial charge on any atom is -0.480 e. The van der Waals surface area contributed by atoms with E-state index >= 15 is 0 Å². The summed E-state index contributed by atoms with van der Waals surface area (Å²) in [5.74, 6) is -4.77. The SMILES string of the molecule is NC(=O)CCC(NC(=O)C(CS)NC(=O)C(N)CCCN=C(N)N)C(=O)NC(CCCN=C(N)N)C(=O)O. The van der Waals surface area contributed by atoms with Crippen LogP contribution >= 0.6 is 12.6 Å². The van der Waals surface area contributed by atoms with Crippen molar-refractivity contribution < 1.29 is 29.1 Å². The number of nitrogens with one attached hydrogen (secondary N) is 3. The van der Waals surface area contributed by atoms with E-state index in [1.807, 2.05) is 0 Å². The van der Waals surface area contributed by atoms with E-state index in [0.29, 0.717) is 6.42 Å². The van der Waals surface area contributed by atoms with Crippen molar-refractivity contribution in [2.45, 2.75) is 62.7 Å². The highest BCUT2D eigenvalue weighted by Gasteiger charge is 2.30. The van der Waals surface area contributed by atoms with E-state index in [1.54, 1.807) is 0 Å². The van der Waals surface area contributed by atoms with Gasteiger partial charge in [-0.15, -0.1) is 0 Å². The van der Waals surface area contributed by atoms with Crippen LogP contribution in [0.3, 0.4) is 0 Å². The van der Waals surface area contributed by atoms with E-state index in [2.05, 4.69) is 38.6 Å². The van der Waals surface area contributed by atoms with Crippen molar-refractivity contribution in [1.82, 2.24) is 16.0 Å². The number of aliphatic imine (C=N–C) groups is 2. The smallest absolute Gasteiger partial charge is 0.326 e. The molecule has 0 aromatic carbocycles. The first-order valence-corrected chi connectivity index (χ1v) is 12.3. The number of carbonyl (C=O) groups excluding carboxylic acids is 4. The summed E-state index contributed by atoms with van der Waals surface area (Å²) in [6, 6.07) is -4.80. The van der Waals surface area contributed by atoms with Crippen LogP contribution in [0.15, 0.2) is 9.98 Å². The number of rotatable bonds is 19. The van der Waals surface area contributed by atoms with Crippen molar-refractivity contribution in [2.24, 2.45) is 44.4 Å². The zero-order chi connectivity index (χ0) is 29.3. The largest absolute Gasteiger partial charge is 0.480 e. The van der Waals surface area contributed by atoms with Gasteiger partial charge in [-0.3, -0.25) is 29.2 Å². The first kappa shape index (κ1) is 34.2. The van der Waals surface area contributed by atoms with Crippen LogP contribution < -0.4 is 50.4 Å². The molecule has 0 rings (SSSR count). The number of amides is 4. The fourth-order valence-electron chi connectivity index (χ4n) is 2.98. The number of carbonyl (C=O) groups is 5. The maximum atomic E-state index is 12.8. The minimum atomic E-state index is -1.33. The van der Waals surface area contributed by atoms with Gasteiger partial charge in [0.15, 0.2) is 11.9 Å². The van der Waals surface area contributed by atoms with E-state index in [0.717, 1.165) is 0 Å². The van der Waals surface area contributed by atoms with E-state index in [-0.39, 0.29) is 62.9 Å². The molecule has 0 aliphatic rings. The molecule has 4 atom stereocenters. The maximum Gasteiger partial charge on any atom is 0.326 e. The number of guanidine groups is 2. The molecule has 16 N–H and O–H groups in total. The molecule has 0 aromatic heterocycles. The Balaban J connectivity index is 5.25. The molecule has 0 radical (unpaired) electrons. The van der Waals surface area contributed by atoms with Crippen LogP contribution in [0.25, 0.3) is 0 Å². The van der Waals surface area contributed by atoms with Crippen LogP contribution in [0.5, 0.6) is 0 Å². The van der Waals surface area contributed by atoms with Crippen LogP contribution in [-0.4, -0.2) is 89.6 Å². The van der Waals surface area contributed by atoms with Gasteiger partial charge in [-0.05, 0) is 32.1 Å². The molecule has 18 heteroatoms. The number of aliphatic carboxylic acids is 1. The Bertz CT molecular complexity index is 878. The number of primary amides is 1. The summed E-state index contributed by atoms with van der Waals surface area (Å²) in [5.41, 5.74) is 31.9. The van der Waals surface area contributed by atoms with Crippen LogP contribution in [0.2, 0.25) is 0 Å². The minimum absolute atomic E-state index is 0.00919. The first-order chi connectivity index (χ1) is 17.8. The van der Waals surface area contributed by atoms with Gasteiger partial charge in [0.2, 0.25) is 23.6 Å². The molecule has 0 aromatic rings. The van der Waals surface area contributed by atoms with Gasteiger partial charge in [-0.25, -0.2) is 4.79 Å². The van der Waals surface area contributed by atoms with Crippen LogP contribution in [0, 0.1) is 0 Å². The number of hydrogen-bond acceptors (Lipinski definition) is 9. The molecule has 0 heterocycles. The van der Waals surface area contributed by atoms with Gasteiger partial charge in [0.25, 0.3) is 0 Å². The van der Waals surface area contributed by atoms with Crippen molar-refractivity contribution in [3.63, 3.8) is 0 Å². The van der Waals surface area contributed by atoms with Crippen molar-refractivity contribution in [3.05, 3.63) is 0 Å². The molecular formula is C20H39N11O6S. The molecule has 4 unspecified atom stereocenters. The molecule has 216 valence electrons. The van der Waals surface area contributed by atoms with E-state index < -0.39 is 53.8 Å². The highest BCUT2D eigenvalue weighted by molar-refractivity contribution is 7.80. The second-order valence-corrected chi connectivity index (χ2v) is 8.58. The Kier molecular flexibility index (Phi) is 16.6. The standard InChI is InChI=1S/C20H39N11O6S/c21-10(3-1-7-27-19(23)24)15(33)31-13(9-38)17(35)29-11(5-6-14(22)32)16(34)30-12(18(36)37)4-2-8-28-20(25)26/h10-13,38H,1-9,21H2,(H2,22,32)(H,29,35)(H,30,34)(H,31,33)(H,36,37)(H4,23,24,27)(H4,25,26,28). The average molecular weight is 562 g/mol. The molecule has 0 bridgehead atoms. The Morgan fingerprint density at radius 1 is 0.711 bits per heavy atom. The predicted octanol–water partition coefficient (Wildman–Crippen LogP) is -4.84. The molecule has 4 amide bonds. The van der Waals surface area contributed by atoms with Gasteiger partial charge in [-0.2, -0.15) is 12.6 Å². The summed E-state index contributed by atoms with van der Waals surface area (Å²) in [4.78, 5) is 68.4. The third kappa shape index (κ3) is 15.3. The fourth-order valence-corrected chi connectivity index (χ4v) is 3.24. The lowest BCUT2D eigenvalue weighted by Crippen LogP contribution is -2.57. The lowest BCUT2D eigenvalue weighted by molar-refractivity contribution is -0.142. The lowest BCUT2D eigenvalue weighted by Gasteiger charge is -2.24. The number of nitrogens with zero attached hydrogens (tertiary/aromatic N) is 2. The quantitative estimate of drug-likeness (QED) is 0.0307. The molecule has 0 saturated carbocycles. The maximum absolute atomic E-state index is 12.8. The Labute approximate surface area is 225 Å². The fraction of sp³-hybridized carbons (Fsp3) is 0.650. The Morgan fingerprint density at radius 2 is 1.18 bits per heavy atom. The second-order valence-electron chi connectivity index (χ2n) is 8.21. The average Bonchev–Trinajstić information content (AvgIpc) is 2.83. The summed E-state index contributed by atoms with van der Waals surface area (Å²) in [7, 11) is 0. The van der Waals surface area contributed by atoms with Crippen LogP contribution in [-0.2, 0) is 24.0 Å². The lowest BCUT2D eigenvalue weighted by atomic mass is 10.1. The van der Waals surface area contributed by atoms with Gasteiger partial charge in [0, 0.05) is 25.3 Å². The second kappa shape index (κ2) is 18.4. The normalized spacial score (nSPS) is 13.6. The van der Waals surface area contributed by atoms with Crippen molar-refractivity contribution in [2.75, 3.05) is 18.8 Å². The summed E-state index contributed by atoms with van der Waals surface area (Å²) in [6.45, 7) is 0.408. The summed E-state index contributed by atoms with van der Waals surface area (Å²) >= 11 is 4.07. The van der Waals surface area contributed by atoms with Gasteiger partial charge in [0.05, 0.1) is 6.04 Å². The molecule has 0 saturated heterocycles. The van der Waals surface area contributed by atoms with Gasteiger partial charge >= 0.3 is 5.97 Å². The molecule has 0 spiro atoms. The first-order valence-electron chi connectivity index (χ1n) is 11.7. The molecule has 17 nitrogen and oxygen atoms in total. The van der Waals surface area contributed by atoms with Gasteiger partial charge < -0.3 is 55.5 Å². The topological polar surface area (TPSA) is 323 Å². The highest BCUT2D eigenvalue weighted by atomic mass is 32.1. The van der Waals surface area contributed by atoms with E-state index in [9.17, 15) is 29.1 Å². The van der Waals surface area contributed by atoms with Gasteiger partial charge in [0.1, 0.15) is 18.1 Å². The van der Waals surface area contributed by atoms with Crippen molar-refractivity contribution >= 4 is 54.1 Å². The third-order valence-corrected chi connectivity index (χ3v) is 5.36. The zero-order valence-corrected chi connectivity index (χ0v) is 21.9. The third-order valence-electron chi connectivity index (χ3n) is 4.99. The number of nitrogens with two attached hydrogens (primary N) is 6. The van der Waals surface area contributed by atoms with Gasteiger partial charge in [-0.1, -0.05) is 0 Å². The monoisotopic (exact) mass is 561 g/mol. The summed E-state index contributed by atoms with van der Waals surface area (Å²) in [5, 5.41) is 16.6. The zero-order valence-electron chi connectivity index (χ0n) is 21.0. The number of carboxylic acid groups (broad SMARTS) is 1. The molecular weight excluding hydrogens is 522 g/mol. The molecule has 0 aliphatic carbocycles. The Hall–Kier alpha value is -3.80. The molecule has 38 heavy (non-hydrogen) atoms. The Morgan fingerprint density at radius 3 is 1.66 bits per heavy atom. The van der Waals surface area contributed by atoms with Crippen molar-refractivity contribution in [1.29, 1.82) is 0 Å². The number of thiol groups is 1. The van der Waals surface area contributed by atoms with Crippen LogP contribution in [0.1, 0.15) is 38.5 Å². The van der Waals surface area contributed by atoms with E-state index in [4.69, 9.17) is 34.4 Å². The molecule has 0 aliphatic heterocycles. The van der Waals surface area contributed by atoms with E-state index in [1.165, 1.54) is 0 Å². The summed E-state index contributed by atoms with van der Waals surface area (Å²) in [6.07, 6.45) is 0.380. The van der Waals surface area contributed by atoms with Crippen molar-refractivity contribution in [3.8, 4) is 0 Å². The summed E-state index contributed by atoms with van der Waals surface area (Å²) < 4.78 is 0. The highest BCUT2D eigenvalue weighted by Crippen LogP contribution is 2.04. The van der Waals surface area contributed by atoms with Crippen LogP contribution in [0.4, 0.5) is 0 Å². The number of carboxylic acids is 1. The number of hydrogen-bond donors (Lipinski definition) is 11.